The first-order valence-corrected chi connectivity index (χ1v) is 12.3. The molecule has 32 heavy (non-hydrogen) atoms. The summed E-state index contributed by atoms with van der Waals surface area (Å²) in [4.78, 5) is 25.0. The molecule has 2 aromatic heterocycles. The minimum atomic E-state index is -4.11. The molecule has 174 valence electrons. The monoisotopic (exact) mass is 459 g/mol. The molecule has 1 aliphatic rings. The van der Waals surface area contributed by atoms with Crippen molar-refractivity contribution in [2.45, 2.75) is 56.5 Å². The number of nitrogens with zero attached hydrogens (tertiary/aromatic N) is 4. The third kappa shape index (κ3) is 4.57. The lowest BCUT2D eigenvalue weighted by atomic mass is 9.97. The Morgan fingerprint density at radius 3 is 2.56 bits per heavy atom. The van der Waals surface area contributed by atoms with Gasteiger partial charge in [0.1, 0.15) is 17.2 Å². The molecule has 0 aliphatic carbocycles. The van der Waals surface area contributed by atoms with Gasteiger partial charge in [0.2, 0.25) is 9.84 Å². The number of hydrogen-bond acceptors (Lipinski definition) is 7. The molecule has 1 saturated heterocycles. The Bertz CT molecular complexity index is 1110. The van der Waals surface area contributed by atoms with Crippen LogP contribution in [0.5, 0.6) is 0 Å². The van der Waals surface area contributed by atoms with Gasteiger partial charge in [0.25, 0.3) is 5.91 Å². The van der Waals surface area contributed by atoms with Gasteiger partial charge in [-0.15, -0.1) is 0 Å². The van der Waals surface area contributed by atoms with Crippen molar-refractivity contribution in [3.8, 4) is 0 Å². The maximum absolute atomic E-state index is 13.6. The van der Waals surface area contributed by atoms with Crippen molar-refractivity contribution in [3.63, 3.8) is 0 Å². The Hall–Kier alpha value is -2.68. The van der Waals surface area contributed by atoms with Crippen LogP contribution in [-0.2, 0) is 9.84 Å². The number of carbonyl (C=O) groups excluding carboxylic acids is 1. The van der Waals surface area contributed by atoms with E-state index in [0.717, 1.165) is 13.0 Å². The Morgan fingerprint density at radius 1 is 1.31 bits per heavy atom. The molecule has 2 aromatic rings. The second-order valence-electron chi connectivity index (χ2n) is 9.72. The number of hydrogen-bond donors (Lipinski definition) is 1. The van der Waals surface area contributed by atoms with E-state index >= 15 is 0 Å². The summed E-state index contributed by atoms with van der Waals surface area (Å²) in [6, 6.07) is 6.19. The van der Waals surface area contributed by atoms with Crippen LogP contribution >= 0.6 is 0 Å². The summed E-state index contributed by atoms with van der Waals surface area (Å²) in [5.41, 5.74) is 5.35. The summed E-state index contributed by atoms with van der Waals surface area (Å²) >= 11 is 0. The lowest BCUT2D eigenvalue weighted by Gasteiger charge is -2.33. The number of pyridine rings is 2. The summed E-state index contributed by atoms with van der Waals surface area (Å²) in [5.74, 6) is 0.792. The van der Waals surface area contributed by atoms with E-state index in [9.17, 15) is 13.2 Å². The zero-order chi connectivity index (χ0) is 23.8. The molecule has 2 N–H and O–H groups in total. The molecule has 1 amide bonds. The molecule has 8 nitrogen and oxygen atoms in total. The van der Waals surface area contributed by atoms with Crippen LogP contribution in [0, 0.1) is 11.8 Å². The molecule has 1 fully saturated rings. The van der Waals surface area contributed by atoms with Crippen molar-refractivity contribution in [1.29, 1.82) is 0 Å². The predicted octanol–water partition coefficient (Wildman–Crippen LogP) is 3.13. The summed E-state index contributed by atoms with van der Waals surface area (Å²) in [5, 5.41) is -0.126. The molecule has 1 aliphatic heterocycles. The Morgan fingerprint density at radius 2 is 2.00 bits per heavy atom. The van der Waals surface area contributed by atoms with Gasteiger partial charge >= 0.3 is 0 Å². The van der Waals surface area contributed by atoms with E-state index in [0.29, 0.717) is 30.0 Å². The average molecular weight is 460 g/mol. The van der Waals surface area contributed by atoms with Gasteiger partial charge in [0.15, 0.2) is 5.03 Å². The van der Waals surface area contributed by atoms with Gasteiger partial charge in [-0.3, -0.25) is 4.79 Å². The summed E-state index contributed by atoms with van der Waals surface area (Å²) in [7, 11) is -2.24. The zero-order valence-corrected chi connectivity index (χ0v) is 20.5. The lowest BCUT2D eigenvalue weighted by molar-refractivity contribution is 0.0997. The number of aromatic nitrogens is 2. The van der Waals surface area contributed by atoms with Crippen LogP contribution in [0.25, 0.3) is 0 Å². The fourth-order valence-corrected chi connectivity index (χ4v) is 5.97. The first-order valence-electron chi connectivity index (χ1n) is 10.8. The predicted molar refractivity (Wildman–Crippen MR) is 126 cm³/mol. The fraction of sp³-hybridized carbons (Fsp3) is 0.522. The number of nitrogens with two attached hydrogens (primary N) is 1. The van der Waals surface area contributed by atoms with Crippen molar-refractivity contribution >= 4 is 27.4 Å². The van der Waals surface area contributed by atoms with Gasteiger partial charge in [-0.1, -0.05) is 26.8 Å². The number of rotatable bonds is 7. The Kier molecular flexibility index (Phi) is 6.51. The van der Waals surface area contributed by atoms with E-state index in [2.05, 4.69) is 44.6 Å². The first kappa shape index (κ1) is 24.0. The minimum Gasteiger partial charge on any atom is -0.365 e. The number of amides is 1. The van der Waals surface area contributed by atoms with Gasteiger partial charge in [-0.05, 0) is 50.3 Å². The molecule has 0 aromatic carbocycles. The van der Waals surface area contributed by atoms with Crippen molar-refractivity contribution in [1.82, 2.24) is 9.97 Å². The highest BCUT2D eigenvalue weighted by atomic mass is 32.2. The third-order valence-corrected chi connectivity index (χ3v) is 7.47. The molecule has 0 bridgehead atoms. The normalized spacial score (nSPS) is 18.2. The van der Waals surface area contributed by atoms with Gasteiger partial charge in [0.05, 0.1) is 4.90 Å². The highest BCUT2D eigenvalue weighted by Gasteiger charge is 2.40. The molecule has 0 saturated carbocycles. The largest absolute Gasteiger partial charge is 0.365 e. The number of anilines is 2. The SMILES string of the molecule is CC(C)CN(C)c1cccc(S(=O)(=O)c2ccnc(N3CC(C)CC3(C)C)c2C(N)=O)n1. The topological polar surface area (TPSA) is 109 Å². The molecule has 3 heterocycles. The van der Waals surface area contributed by atoms with Crippen LogP contribution in [0.1, 0.15) is 51.4 Å². The van der Waals surface area contributed by atoms with E-state index in [1.165, 1.54) is 18.3 Å². The molecular formula is C23H33N5O3S. The molecule has 1 atom stereocenters. The van der Waals surface area contributed by atoms with Gasteiger partial charge in [-0.25, -0.2) is 18.4 Å². The Balaban J connectivity index is 2.13. The maximum atomic E-state index is 13.6. The third-order valence-electron chi connectivity index (χ3n) is 5.77. The van der Waals surface area contributed by atoms with Crippen LogP contribution in [0.3, 0.4) is 0 Å². The van der Waals surface area contributed by atoms with E-state index in [1.54, 1.807) is 12.1 Å². The van der Waals surface area contributed by atoms with Gasteiger partial charge < -0.3 is 15.5 Å². The standard InChI is InChI=1S/C23H33N5O3S/c1-15(2)13-27(6)18-8-7-9-19(26-18)32(30,31)17-10-11-25-22(20(17)21(24)29)28-14-16(3)12-23(28,4)5/h7-11,15-16H,12-14H2,1-6H3,(H2,24,29). The van der Waals surface area contributed by atoms with Crippen molar-refractivity contribution in [2.75, 3.05) is 29.9 Å². The van der Waals surface area contributed by atoms with Crippen molar-refractivity contribution < 1.29 is 13.2 Å². The molecule has 0 spiro atoms. The van der Waals surface area contributed by atoms with Gasteiger partial charge in [0, 0.05) is 31.9 Å². The van der Waals surface area contributed by atoms with Crippen LogP contribution in [-0.4, -0.2) is 50.0 Å². The lowest BCUT2D eigenvalue weighted by Crippen LogP contribution is -2.40. The maximum Gasteiger partial charge on any atom is 0.253 e. The second-order valence-corrected chi connectivity index (χ2v) is 11.6. The smallest absolute Gasteiger partial charge is 0.253 e. The number of sulfone groups is 1. The quantitative estimate of drug-likeness (QED) is 0.677. The van der Waals surface area contributed by atoms with Crippen molar-refractivity contribution in [2.24, 2.45) is 17.6 Å². The van der Waals surface area contributed by atoms with E-state index < -0.39 is 15.7 Å². The number of primary amides is 1. The highest BCUT2D eigenvalue weighted by molar-refractivity contribution is 7.91. The summed E-state index contributed by atoms with van der Waals surface area (Å²) < 4.78 is 27.2. The zero-order valence-electron chi connectivity index (χ0n) is 19.7. The number of carbonyl (C=O) groups is 1. The molecule has 9 heteroatoms. The van der Waals surface area contributed by atoms with E-state index in [1.807, 2.05) is 16.8 Å². The second kappa shape index (κ2) is 8.69. The Labute approximate surface area is 190 Å². The van der Waals surface area contributed by atoms with Crippen LogP contribution in [0.15, 0.2) is 40.4 Å². The summed E-state index contributed by atoms with van der Waals surface area (Å²) in [6.07, 6.45) is 2.32. The van der Waals surface area contributed by atoms with Crippen molar-refractivity contribution in [3.05, 3.63) is 36.0 Å². The van der Waals surface area contributed by atoms with Crippen LogP contribution < -0.4 is 15.5 Å². The van der Waals surface area contributed by atoms with Crippen LogP contribution in [0.4, 0.5) is 11.6 Å². The average Bonchev–Trinajstić information content (AvgIpc) is 2.98. The van der Waals surface area contributed by atoms with E-state index in [4.69, 9.17) is 5.73 Å². The van der Waals surface area contributed by atoms with Crippen LogP contribution in [0.2, 0.25) is 0 Å². The highest BCUT2D eigenvalue weighted by Crippen LogP contribution is 2.39. The van der Waals surface area contributed by atoms with Gasteiger partial charge in [-0.2, -0.15) is 0 Å². The summed E-state index contributed by atoms with van der Waals surface area (Å²) in [6.45, 7) is 11.8. The molecular weight excluding hydrogens is 426 g/mol. The molecule has 3 rings (SSSR count). The van der Waals surface area contributed by atoms with E-state index in [-0.39, 0.29) is 21.0 Å². The fourth-order valence-electron chi connectivity index (χ4n) is 4.57. The first-order chi connectivity index (χ1) is 14.8. The molecule has 1 unspecified atom stereocenters. The minimum absolute atomic E-state index is 0.0857. The molecule has 0 radical (unpaired) electrons.